The summed E-state index contributed by atoms with van der Waals surface area (Å²) in [6, 6.07) is 14.3. The van der Waals surface area contributed by atoms with Gasteiger partial charge >= 0.3 is 0 Å². The molecule has 0 aliphatic carbocycles. The van der Waals surface area contributed by atoms with Crippen LogP contribution < -0.4 is 11.3 Å². The van der Waals surface area contributed by atoms with Gasteiger partial charge in [-0.3, -0.25) is 10.8 Å². The highest BCUT2D eigenvalue weighted by molar-refractivity contribution is 9.10. The van der Waals surface area contributed by atoms with E-state index in [0.717, 1.165) is 16.5 Å². The Balaban J connectivity index is 2.21. The average Bonchev–Trinajstić information content (AvgIpc) is 2.52. The summed E-state index contributed by atoms with van der Waals surface area (Å²) in [5.41, 5.74) is 4.82. The van der Waals surface area contributed by atoms with E-state index in [-0.39, 0.29) is 5.82 Å². The Bertz CT molecular complexity index is 786. The first-order valence-corrected chi connectivity index (χ1v) is 7.25. The predicted molar refractivity (Wildman–Crippen MR) is 85.0 cm³/mol. The fraction of sp³-hybridized carbons (Fsp3) is 0.0625. The molecule has 3 rings (SSSR count). The van der Waals surface area contributed by atoms with Crippen LogP contribution in [0, 0.1) is 5.82 Å². The van der Waals surface area contributed by atoms with Crippen molar-refractivity contribution in [1.29, 1.82) is 0 Å². The molecule has 0 amide bonds. The van der Waals surface area contributed by atoms with E-state index in [9.17, 15) is 4.39 Å². The summed E-state index contributed by atoms with van der Waals surface area (Å²) >= 11 is 3.21. The normalized spacial score (nSPS) is 12.5. The molecule has 3 nitrogen and oxygen atoms in total. The lowest BCUT2D eigenvalue weighted by Crippen LogP contribution is -2.29. The van der Waals surface area contributed by atoms with E-state index in [0.29, 0.717) is 10.0 Å². The number of nitrogens with one attached hydrogen (secondary N) is 1. The summed E-state index contributed by atoms with van der Waals surface area (Å²) in [5.74, 6) is 5.36. The third-order valence-electron chi connectivity index (χ3n) is 3.43. The largest absolute Gasteiger partial charge is 0.271 e. The molecule has 0 aliphatic heterocycles. The lowest BCUT2D eigenvalue weighted by Gasteiger charge is -2.19. The van der Waals surface area contributed by atoms with Gasteiger partial charge in [0.2, 0.25) is 0 Å². The number of para-hydroxylation sites is 1. The Morgan fingerprint density at radius 3 is 2.57 bits per heavy atom. The first kappa shape index (κ1) is 14.1. The number of hydrogen-bond acceptors (Lipinski definition) is 3. The highest BCUT2D eigenvalue weighted by Crippen LogP contribution is 2.31. The molecule has 3 aromatic rings. The molecule has 3 N–H and O–H groups in total. The molecule has 1 aromatic heterocycles. The Kier molecular flexibility index (Phi) is 3.96. The van der Waals surface area contributed by atoms with Crippen LogP contribution in [0.2, 0.25) is 0 Å². The van der Waals surface area contributed by atoms with Gasteiger partial charge < -0.3 is 0 Å². The Morgan fingerprint density at radius 2 is 1.76 bits per heavy atom. The molecular weight excluding hydrogens is 333 g/mol. The van der Waals surface area contributed by atoms with Crippen LogP contribution in [0.4, 0.5) is 4.39 Å². The zero-order chi connectivity index (χ0) is 14.8. The van der Waals surface area contributed by atoms with Gasteiger partial charge in [0, 0.05) is 22.7 Å². The Hall–Kier alpha value is -1.82. The van der Waals surface area contributed by atoms with Gasteiger partial charge in [0.05, 0.1) is 16.0 Å². The standard InChI is InChI=1S/C16H13BrFN3/c17-13-8-2-6-11(14(13)18)16(21-19)12-7-1-4-10-5-3-9-20-15(10)12/h1-9,16,21H,19H2. The van der Waals surface area contributed by atoms with Crippen molar-refractivity contribution in [3.8, 4) is 0 Å². The number of benzene rings is 2. The molecule has 0 bridgehead atoms. The first-order chi connectivity index (χ1) is 10.2. The van der Waals surface area contributed by atoms with Gasteiger partial charge in [-0.15, -0.1) is 0 Å². The van der Waals surface area contributed by atoms with Crippen molar-refractivity contribution in [2.75, 3.05) is 0 Å². The molecule has 1 heterocycles. The van der Waals surface area contributed by atoms with Crippen molar-refractivity contribution >= 4 is 26.8 Å². The average molecular weight is 346 g/mol. The maximum atomic E-state index is 14.4. The number of nitrogens with zero attached hydrogens (tertiary/aromatic N) is 1. The van der Waals surface area contributed by atoms with Crippen molar-refractivity contribution in [2.24, 2.45) is 5.84 Å². The number of hydrogen-bond donors (Lipinski definition) is 2. The second kappa shape index (κ2) is 5.89. The lowest BCUT2D eigenvalue weighted by molar-refractivity contribution is 0.557. The molecule has 1 unspecified atom stereocenters. The highest BCUT2D eigenvalue weighted by Gasteiger charge is 2.20. The van der Waals surface area contributed by atoms with E-state index >= 15 is 0 Å². The molecule has 0 aliphatic rings. The van der Waals surface area contributed by atoms with Gasteiger partial charge in [-0.05, 0) is 28.1 Å². The number of nitrogens with two attached hydrogens (primary N) is 1. The van der Waals surface area contributed by atoms with Crippen molar-refractivity contribution in [3.05, 3.63) is 76.1 Å². The molecule has 2 aromatic carbocycles. The molecule has 0 fully saturated rings. The van der Waals surface area contributed by atoms with Gasteiger partial charge in [-0.2, -0.15) is 0 Å². The van der Waals surface area contributed by atoms with E-state index in [1.54, 1.807) is 24.4 Å². The number of pyridine rings is 1. The monoisotopic (exact) mass is 345 g/mol. The highest BCUT2D eigenvalue weighted by atomic mass is 79.9. The van der Waals surface area contributed by atoms with Crippen LogP contribution in [-0.2, 0) is 0 Å². The van der Waals surface area contributed by atoms with Crippen LogP contribution in [0.1, 0.15) is 17.2 Å². The maximum absolute atomic E-state index is 14.4. The minimum Gasteiger partial charge on any atom is -0.271 e. The van der Waals surface area contributed by atoms with Gasteiger partial charge in [-0.25, -0.2) is 9.82 Å². The minimum absolute atomic E-state index is 0.326. The fourth-order valence-corrected chi connectivity index (χ4v) is 2.83. The predicted octanol–water partition coefficient (Wildman–Crippen LogP) is 3.69. The topological polar surface area (TPSA) is 50.9 Å². The summed E-state index contributed by atoms with van der Waals surface area (Å²) in [5, 5.41) is 0.991. The molecule has 0 saturated heterocycles. The molecule has 21 heavy (non-hydrogen) atoms. The first-order valence-electron chi connectivity index (χ1n) is 6.46. The number of hydrazine groups is 1. The molecule has 0 saturated carbocycles. The zero-order valence-electron chi connectivity index (χ0n) is 11.1. The number of fused-ring (bicyclic) bond motifs is 1. The summed E-state index contributed by atoms with van der Waals surface area (Å²) in [7, 11) is 0. The molecule has 5 heteroatoms. The quantitative estimate of drug-likeness (QED) is 0.562. The molecule has 106 valence electrons. The third-order valence-corrected chi connectivity index (χ3v) is 4.05. The number of rotatable bonds is 3. The van der Waals surface area contributed by atoms with Crippen LogP contribution in [0.15, 0.2) is 59.2 Å². The third kappa shape index (κ3) is 2.55. The van der Waals surface area contributed by atoms with Crippen molar-refractivity contribution in [3.63, 3.8) is 0 Å². The lowest BCUT2D eigenvalue weighted by atomic mass is 9.96. The summed E-state index contributed by atoms with van der Waals surface area (Å²) in [6.45, 7) is 0. The van der Waals surface area contributed by atoms with Gasteiger partial charge in [0.1, 0.15) is 5.82 Å². The van der Waals surface area contributed by atoms with E-state index in [1.807, 2.05) is 30.3 Å². The second-order valence-electron chi connectivity index (χ2n) is 4.67. The van der Waals surface area contributed by atoms with E-state index in [2.05, 4.69) is 26.3 Å². The van der Waals surface area contributed by atoms with Crippen molar-refractivity contribution < 1.29 is 4.39 Å². The van der Waals surface area contributed by atoms with Crippen LogP contribution in [0.5, 0.6) is 0 Å². The minimum atomic E-state index is -0.471. The van der Waals surface area contributed by atoms with Crippen molar-refractivity contribution in [1.82, 2.24) is 10.4 Å². The van der Waals surface area contributed by atoms with E-state index in [1.165, 1.54) is 0 Å². The van der Waals surface area contributed by atoms with E-state index in [4.69, 9.17) is 5.84 Å². The fourth-order valence-electron chi connectivity index (χ4n) is 2.45. The van der Waals surface area contributed by atoms with Crippen LogP contribution >= 0.6 is 15.9 Å². The Morgan fingerprint density at radius 1 is 1.05 bits per heavy atom. The summed E-state index contributed by atoms with van der Waals surface area (Å²) in [4.78, 5) is 4.40. The smallest absolute Gasteiger partial charge is 0.142 e. The summed E-state index contributed by atoms with van der Waals surface area (Å²) in [6.07, 6.45) is 1.72. The SMILES string of the molecule is NNC(c1cccc(Br)c1F)c1cccc2cccnc12. The molecular formula is C16H13BrFN3. The van der Waals surface area contributed by atoms with Crippen LogP contribution in [0.3, 0.4) is 0 Å². The van der Waals surface area contributed by atoms with Gasteiger partial charge in [0.25, 0.3) is 0 Å². The number of aromatic nitrogens is 1. The Labute approximate surface area is 130 Å². The maximum Gasteiger partial charge on any atom is 0.142 e. The zero-order valence-corrected chi connectivity index (χ0v) is 12.6. The summed E-state index contributed by atoms with van der Waals surface area (Å²) < 4.78 is 14.8. The van der Waals surface area contributed by atoms with Crippen LogP contribution in [-0.4, -0.2) is 4.98 Å². The van der Waals surface area contributed by atoms with E-state index < -0.39 is 6.04 Å². The van der Waals surface area contributed by atoms with Gasteiger partial charge in [-0.1, -0.05) is 36.4 Å². The molecule has 1 atom stereocenters. The molecule has 0 spiro atoms. The molecule has 0 radical (unpaired) electrons. The van der Waals surface area contributed by atoms with Crippen LogP contribution in [0.25, 0.3) is 10.9 Å². The second-order valence-corrected chi connectivity index (χ2v) is 5.52. The number of halogens is 2. The van der Waals surface area contributed by atoms with Gasteiger partial charge in [0.15, 0.2) is 0 Å². The van der Waals surface area contributed by atoms with Crippen molar-refractivity contribution in [2.45, 2.75) is 6.04 Å².